The summed E-state index contributed by atoms with van der Waals surface area (Å²) in [5.41, 5.74) is 0. The third-order valence-corrected chi connectivity index (χ3v) is 3.07. The van der Waals surface area contributed by atoms with Crippen molar-refractivity contribution in [3.05, 3.63) is 0 Å². The first-order chi connectivity index (χ1) is 8.58. The first kappa shape index (κ1) is 18.6. The molecule has 3 N–H and O–H groups in total. The molecule has 0 aliphatic carbocycles. The number of hydrogen-bond donors (Lipinski definition) is 3. The Labute approximate surface area is 121 Å². The molecule has 3 atom stereocenters. The summed E-state index contributed by atoms with van der Waals surface area (Å²) >= 11 is 0. The van der Waals surface area contributed by atoms with Crippen LogP contribution in [-0.2, 0) is 9.53 Å². The Morgan fingerprint density at radius 1 is 1.47 bits per heavy atom. The molecule has 1 aliphatic heterocycles. The van der Waals surface area contributed by atoms with Gasteiger partial charge in [-0.15, -0.1) is 12.4 Å². The second-order valence-corrected chi connectivity index (χ2v) is 5.26. The second kappa shape index (κ2) is 10.4. The topological polar surface area (TPSA) is 70.6 Å². The van der Waals surface area contributed by atoms with E-state index in [0.717, 1.165) is 26.0 Å². The highest BCUT2D eigenvalue weighted by Gasteiger charge is 2.15. The average molecular weight is 295 g/mol. The lowest BCUT2D eigenvalue weighted by atomic mass is 10.1. The number of aliphatic hydroxyl groups is 1. The Morgan fingerprint density at radius 2 is 2.21 bits per heavy atom. The van der Waals surface area contributed by atoms with Crippen LogP contribution < -0.4 is 10.6 Å². The van der Waals surface area contributed by atoms with Crippen molar-refractivity contribution in [2.75, 3.05) is 26.2 Å². The maximum Gasteiger partial charge on any atom is 0.233 e. The molecule has 19 heavy (non-hydrogen) atoms. The summed E-state index contributed by atoms with van der Waals surface area (Å²) in [6, 6.07) is 0. The zero-order chi connectivity index (χ0) is 13.4. The number of rotatable bonds is 8. The predicted octanol–water partition coefficient (Wildman–Crippen LogP) is 0.700. The van der Waals surface area contributed by atoms with Crippen molar-refractivity contribution in [3.63, 3.8) is 0 Å². The van der Waals surface area contributed by atoms with E-state index in [4.69, 9.17) is 4.74 Å². The summed E-state index contributed by atoms with van der Waals surface area (Å²) in [5.74, 6) is 0.303. The van der Waals surface area contributed by atoms with Gasteiger partial charge < -0.3 is 20.5 Å². The van der Waals surface area contributed by atoms with E-state index in [9.17, 15) is 9.90 Å². The van der Waals surface area contributed by atoms with Crippen LogP contribution in [0.2, 0.25) is 0 Å². The number of hydrogen-bond acceptors (Lipinski definition) is 4. The minimum absolute atomic E-state index is 0. The van der Waals surface area contributed by atoms with Crippen LogP contribution in [0.1, 0.15) is 33.1 Å². The summed E-state index contributed by atoms with van der Waals surface area (Å²) in [6.07, 6.45) is 2.88. The molecule has 1 aliphatic rings. The minimum atomic E-state index is -0.311. The maximum atomic E-state index is 11.5. The molecule has 1 rings (SSSR count). The molecule has 0 saturated carbocycles. The summed E-state index contributed by atoms with van der Waals surface area (Å²) in [7, 11) is 0. The van der Waals surface area contributed by atoms with Gasteiger partial charge in [0, 0.05) is 19.7 Å². The zero-order valence-electron chi connectivity index (χ0n) is 11.9. The van der Waals surface area contributed by atoms with Gasteiger partial charge in [-0.3, -0.25) is 4.79 Å². The molecule has 0 radical (unpaired) electrons. The molecular formula is C13H27ClN2O3. The van der Waals surface area contributed by atoms with Crippen LogP contribution in [0.15, 0.2) is 0 Å². The highest BCUT2D eigenvalue weighted by atomic mass is 35.5. The molecule has 0 bridgehead atoms. The Balaban J connectivity index is 0.00000324. The first-order valence-corrected chi connectivity index (χ1v) is 6.85. The second-order valence-electron chi connectivity index (χ2n) is 5.26. The number of aliphatic hydroxyl groups excluding tert-OH is 1. The molecule has 114 valence electrons. The molecule has 3 unspecified atom stereocenters. The lowest BCUT2D eigenvalue weighted by Gasteiger charge is -2.15. The highest BCUT2D eigenvalue weighted by Crippen LogP contribution is 2.10. The van der Waals surface area contributed by atoms with E-state index in [0.29, 0.717) is 25.4 Å². The average Bonchev–Trinajstić information content (AvgIpc) is 2.78. The molecule has 5 nitrogen and oxygen atoms in total. The van der Waals surface area contributed by atoms with Crippen LogP contribution in [0.4, 0.5) is 0 Å². The van der Waals surface area contributed by atoms with Gasteiger partial charge in [0.05, 0.1) is 18.8 Å². The van der Waals surface area contributed by atoms with E-state index >= 15 is 0 Å². The van der Waals surface area contributed by atoms with Crippen LogP contribution in [0, 0.1) is 5.92 Å². The van der Waals surface area contributed by atoms with E-state index in [2.05, 4.69) is 10.6 Å². The molecule has 1 saturated heterocycles. The van der Waals surface area contributed by atoms with Crippen molar-refractivity contribution in [1.29, 1.82) is 0 Å². The molecule has 0 aromatic rings. The van der Waals surface area contributed by atoms with E-state index in [1.165, 1.54) is 0 Å². The fraction of sp³-hybridized carbons (Fsp3) is 0.923. The van der Waals surface area contributed by atoms with Gasteiger partial charge in [-0.2, -0.15) is 0 Å². The van der Waals surface area contributed by atoms with Gasteiger partial charge >= 0.3 is 0 Å². The van der Waals surface area contributed by atoms with Crippen molar-refractivity contribution in [1.82, 2.24) is 10.6 Å². The number of ether oxygens (including phenoxy) is 1. The van der Waals surface area contributed by atoms with E-state index in [1.54, 1.807) is 6.92 Å². The normalized spacial score (nSPS) is 21.5. The first-order valence-electron chi connectivity index (χ1n) is 6.85. The Morgan fingerprint density at radius 3 is 2.79 bits per heavy atom. The largest absolute Gasteiger partial charge is 0.393 e. The molecule has 0 aromatic carbocycles. The maximum absolute atomic E-state index is 11.5. The van der Waals surface area contributed by atoms with Crippen LogP contribution in [0.25, 0.3) is 0 Å². The summed E-state index contributed by atoms with van der Waals surface area (Å²) in [4.78, 5) is 11.5. The molecule has 1 amide bonds. The number of carbonyl (C=O) groups is 1. The molecule has 1 heterocycles. The molecular weight excluding hydrogens is 268 g/mol. The fourth-order valence-corrected chi connectivity index (χ4v) is 2.17. The Bertz CT molecular complexity index is 246. The number of nitrogens with one attached hydrogen (secondary N) is 2. The van der Waals surface area contributed by atoms with Crippen LogP contribution in [0.3, 0.4) is 0 Å². The smallest absolute Gasteiger partial charge is 0.233 e. The summed E-state index contributed by atoms with van der Waals surface area (Å²) in [6.45, 7) is 6.33. The van der Waals surface area contributed by atoms with Gasteiger partial charge in [0.1, 0.15) is 0 Å². The van der Waals surface area contributed by atoms with E-state index in [1.807, 2.05) is 6.92 Å². The third kappa shape index (κ3) is 9.21. The van der Waals surface area contributed by atoms with Crippen molar-refractivity contribution in [2.45, 2.75) is 45.3 Å². The molecule has 0 aromatic heterocycles. The van der Waals surface area contributed by atoms with Crippen molar-refractivity contribution >= 4 is 18.3 Å². The highest BCUT2D eigenvalue weighted by molar-refractivity contribution is 5.85. The van der Waals surface area contributed by atoms with Gasteiger partial charge in [0.2, 0.25) is 5.91 Å². The fourth-order valence-electron chi connectivity index (χ4n) is 2.17. The van der Waals surface area contributed by atoms with Crippen molar-refractivity contribution < 1.29 is 14.6 Å². The molecule has 1 fully saturated rings. The predicted molar refractivity (Wildman–Crippen MR) is 77.6 cm³/mol. The third-order valence-electron chi connectivity index (χ3n) is 3.07. The van der Waals surface area contributed by atoms with Gasteiger partial charge in [0.15, 0.2) is 0 Å². The number of carbonyl (C=O) groups excluding carboxylic acids is 1. The molecule has 6 heteroatoms. The monoisotopic (exact) mass is 294 g/mol. The lowest BCUT2D eigenvalue weighted by Crippen LogP contribution is -2.39. The number of amides is 1. The Kier molecular flexibility index (Phi) is 10.2. The standard InChI is InChI=1S/C13H26N2O3.ClH/c1-10(6-11(2)16)7-15-13(17)9-14-8-12-4-3-5-18-12;/h10-12,14,16H,3-9H2,1-2H3,(H,15,17);1H. The van der Waals surface area contributed by atoms with Crippen LogP contribution in [-0.4, -0.2) is 49.5 Å². The van der Waals surface area contributed by atoms with Gasteiger partial charge in [-0.25, -0.2) is 0 Å². The molecule has 0 spiro atoms. The number of halogens is 1. The van der Waals surface area contributed by atoms with E-state index < -0.39 is 0 Å². The minimum Gasteiger partial charge on any atom is -0.393 e. The Hall–Kier alpha value is -0.360. The quantitative estimate of drug-likeness (QED) is 0.616. The van der Waals surface area contributed by atoms with E-state index in [-0.39, 0.29) is 30.5 Å². The van der Waals surface area contributed by atoms with Crippen molar-refractivity contribution in [3.8, 4) is 0 Å². The van der Waals surface area contributed by atoms with Crippen molar-refractivity contribution in [2.24, 2.45) is 5.92 Å². The summed E-state index contributed by atoms with van der Waals surface area (Å²) < 4.78 is 5.45. The van der Waals surface area contributed by atoms with Gasteiger partial charge in [0.25, 0.3) is 0 Å². The zero-order valence-corrected chi connectivity index (χ0v) is 12.7. The van der Waals surface area contributed by atoms with Crippen LogP contribution in [0.5, 0.6) is 0 Å². The van der Waals surface area contributed by atoms with Gasteiger partial charge in [-0.05, 0) is 32.1 Å². The SMILES string of the molecule is CC(O)CC(C)CNC(=O)CNCC1CCCO1.Cl. The lowest BCUT2D eigenvalue weighted by molar-refractivity contribution is -0.120. The van der Waals surface area contributed by atoms with Crippen LogP contribution >= 0.6 is 12.4 Å². The van der Waals surface area contributed by atoms with Gasteiger partial charge in [-0.1, -0.05) is 6.92 Å². The summed E-state index contributed by atoms with van der Waals surface area (Å²) in [5, 5.41) is 15.2.